The number of hydrogen-bond acceptors (Lipinski definition) is 6. The Bertz CT molecular complexity index is 569. The summed E-state index contributed by atoms with van der Waals surface area (Å²) in [6.07, 6.45) is 3.22. The summed E-state index contributed by atoms with van der Waals surface area (Å²) in [6.45, 7) is 9.14. The van der Waals surface area contributed by atoms with Crippen molar-refractivity contribution in [2.24, 2.45) is 5.92 Å². The van der Waals surface area contributed by atoms with Gasteiger partial charge in [0.15, 0.2) is 0 Å². The summed E-state index contributed by atoms with van der Waals surface area (Å²) in [5.74, 6) is 1.65. The van der Waals surface area contributed by atoms with Crippen LogP contribution < -0.4 is 4.74 Å². The summed E-state index contributed by atoms with van der Waals surface area (Å²) in [7, 11) is 4.34. The van der Waals surface area contributed by atoms with Gasteiger partial charge in [-0.2, -0.15) is 0 Å². The average Bonchev–Trinajstić information content (AvgIpc) is 2.74. The smallest absolute Gasteiger partial charge is 0.119 e. The number of nitrogens with zero attached hydrogens (tertiary/aromatic N) is 3. The fourth-order valence-corrected chi connectivity index (χ4v) is 4.09. The Morgan fingerprint density at radius 2 is 1.83 bits per heavy atom. The average molecular weight is 406 g/mol. The van der Waals surface area contributed by atoms with Crippen LogP contribution in [0.1, 0.15) is 24.8 Å². The third-order valence-corrected chi connectivity index (χ3v) is 6.14. The van der Waals surface area contributed by atoms with E-state index in [4.69, 9.17) is 9.47 Å². The summed E-state index contributed by atoms with van der Waals surface area (Å²) in [5.41, 5.74) is 1.30. The van der Waals surface area contributed by atoms with Gasteiger partial charge in [-0.1, -0.05) is 12.1 Å². The zero-order chi connectivity index (χ0) is 20.5. The minimum atomic E-state index is -0.450. The van der Waals surface area contributed by atoms with Crippen LogP contribution in [0.2, 0.25) is 0 Å². The lowest BCUT2D eigenvalue weighted by molar-refractivity contribution is 0.0504. The predicted octanol–water partition coefficient (Wildman–Crippen LogP) is 1.92. The van der Waals surface area contributed by atoms with E-state index >= 15 is 0 Å². The molecule has 1 N–H and O–H groups in total. The maximum absolute atomic E-state index is 10.3. The van der Waals surface area contributed by atoms with Crippen LogP contribution >= 0.6 is 0 Å². The summed E-state index contributed by atoms with van der Waals surface area (Å²) < 4.78 is 11.2. The number of ether oxygens (including phenoxy) is 2. The van der Waals surface area contributed by atoms with Gasteiger partial charge < -0.3 is 24.4 Å². The van der Waals surface area contributed by atoms with Crippen LogP contribution in [0, 0.1) is 5.92 Å². The molecule has 2 fully saturated rings. The molecule has 0 aromatic heterocycles. The molecule has 0 radical (unpaired) electrons. The van der Waals surface area contributed by atoms with Gasteiger partial charge >= 0.3 is 0 Å². The van der Waals surface area contributed by atoms with Gasteiger partial charge in [0.1, 0.15) is 18.5 Å². The molecule has 0 aliphatic carbocycles. The molecule has 1 unspecified atom stereocenters. The van der Waals surface area contributed by atoms with Crippen molar-refractivity contribution in [1.29, 1.82) is 0 Å². The molecule has 0 amide bonds. The topological polar surface area (TPSA) is 48.4 Å². The lowest BCUT2D eigenvalue weighted by Crippen LogP contribution is -2.47. The first-order chi connectivity index (χ1) is 14.1. The standard InChI is InChI=1S/C23H39N3O3/c1-24-11-13-26(14-12-24)18-22(27)19-29-23-5-3-21(4-6-23)17-25(2)10-7-20-8-15-28-16-9-20/h3-6,20,22,27H,7-19H2,1-2H3. The fourth-order valence-electron chi connectivity index (χ4n) is 4.09. The molecule has 2 heterocycles. The number of aliphatic hydroxyl groups excluding tert-OH is 1. The summed E-state index contributed by atoms with van der Waals surface area (Å²) in [4.78, 5) is 7.03. The molecular formula is C23H39N3O3. The SMILES string of the molecule is CN1CCN(CC(O)COc2ccc(CN(C)CCC3CCOCC3)cc2)CC1. The maximum Gasteiger partial charge on any atom is 0.119 e. The van der Waals surface area contributed by atoms with Gasteiger partial charge in [0.2, 0.25) is 0 Å². The second kappa shape index (κ2) is 11.9. The van der Waals surface area contributed by atoms with Crippen molar-refractivity contribution in [3.63, 3.8) is 0 Å². The number of benzene rings is 1. The minimum absolute atomic E-state index is 0.344. The van der Waals surface area contributed by atoms with Crippen molar-refractivity contribution < 1.29 is 14.6 Å². The highest BCUT2D eigenvalue weighted by Gasteiger charge is 2.17. The Hall–Kier alpha value is -1.18. The van der Waals surface area contributed by atoms with E-state index in [1.54, 1.807) is 0 Å². The van der Waals surface area contributed by atoms with Gasteiger partial charge in [0, 0.05) is 52.5 Å². The molecule has 29 heavy (non-hydrogen) atoms. The molecule has 6 heteroatoms. The van der Waals surface area contributed by atoms with E-state index in [0.717, 1.165) is 64.1 Å². The Labute approximate surface area is 176 Å². The predicted molar refractivity (Wildman–Crippen MR) is 116 cm³/mol. The molecule has 6 nitrogen and oxygen atoms in total. The zero-order valence-corrected chi connectivity index (χ0v) is 18.3. The molecule has 1 atom stereocenters. The van der Waals surface area contributed by atoms with Crippen LogP contribution in [0.5, 0.6) is 5.75 Å². The molecule has 2 saturated heterocycles. The van der Waals surface area contributed by atoms with Crippen molar-refractivity contribution in [2.75, 3.05) is 73.2 Å². The largest absolute Gasteiger partial charge is 0.491 e. The first-order valence-electron chi connectivity index (χ1n) is 11.2. The Morgan fingerprint density at radius 1 is 1.14 bits per heavy atom. The molecule has 1 aromatic carbocycles. The van der Waals surface area contributed by atoms with Crippen molar-refractivity contribution in [1.82, 2.24) is 14.7 Å². The van der Waals surface area contributed by atoms with Gasteiger partial charge in [-0.3, -0.25) is 4.90 Å². The number of piperazine rings is 1. The molecule has 2 aliphatic rings. The fraction of sp³-hybridized carbons (Fsp3) is 0.739. The van der Waals surface area contributed by atoms with E-state index in [9.17, 15) is 5.11 Å². The summed E-state index contributed by atoms with van der Waals surface area (Å²) >= 11 is 0. The molecule has 0 spiro atoms. The highest BCUT2D eigenvalue weighted by Crippen LogP contribution is 2.19. The van der Waals surface area contributed by atoms with Crippen LogP contribution in [-0.2, 0) is 11.3 Å². The molecule has 1 aromatic rings. The molecular weight excluding hydrogens is 366 g/mol. The van der Waals surface area contributed by atoms with E-state index in [1.807, 2.05) is 12.1 Å². The third-order valence-electron chi connectivity index (χ3n) is 6.14. The van der Waals surface area contributed by atoms with Crippen molar-refractivity contribution in [3.8, 4) is 5.75 Å². The van der Waals surface area contributed by atoms with E-state index < -0.39 is 6.10 Å². The van der Waals surface area contributed by atoms with Crippen LogP contribution in [0.3, 0.4) is 0 Å². The van der Waals surface area contributed by atoms with E-state index in [-0.39, 0.29) is 0 Å². The van der Waals surface area contributed by atoms with E-state index in [2.05, 4.69) is 40.9 Å². The molecule has 0 bridgehead atoms. The zero-order valence-electron chi connectivity index (χ0n) is 18.3. The van der Waals surface area contributed by atoms with Gasteiger partial charge in [-0.25, -0.2) is 0 Å². The summed E-state index contributed by atoms with van der Waals surface area (Å²) in [6, 6.07) is 8.30. The Balaban J connectivity index is 1.32. The lowest BCUT2D eigenvalue weighted by Gasteiger charge is -2.33. The molecule has 164 valence electrons. The molecule has 3 rings (SSSR count). The normalized spacial score (nSPS) is 20.8. The minimum Gasteiger partial charge on any atom is -0.491 e. The van der Waals surface area contributed by atoms with Crippen LogP contribution in [0.15, 0.2) is 24.3 Å². The van der Waals surface area contributed by atoms with Crippen LogP contribution in [0.4, 0.5) is 0 Å². The monoisotopic (exact) mass is 405 g/mol. The van der Waals surface area contributed by atoms with Gasteiger partial charge in [-0.05, 0) is 63.5 Å². The number of β-amino-alcohol motifs (C(OH)–C–C–N with tert-alkyl or cyclic N) is 1. The Morgan fingerprint density at radius 3 is 2.52 bits per heavy atom. The van der Waals surface area contributed by atoms with E-state index in [1.165, 1.54) is 24.8 Å². The van der Waals surface area contributed by atoms with Crippen molar-refractivity contribution >= 4 is 0 Å². The lowest BCUT2D eigenvalue weighted by atomic mass is 9.96. The molecule has 0 saturated carbocycles. The van der Waals surface area contributed by atoms with Crippen LogP contribution in [0.25, 0.3) is 0 Å². The quantitative estimate of drug-likeness (QED) is 0.642. The number of likely N-dealkylation sites (N-methyl/N-ethyl adjacent to an activating group) is 1. The van der Waals surface area contributed by atoms with Crippen molar-refractivity contribution in [3.05, 3.63) is 29.8 Å². The highest BCUT2D eigenvalue weighted by atomic mass is 16.5. The van der Waals surface area contributed by atoms with Crippen LogP contribution in [-0.4, -0.2) is 99.1 Å². The van der Waals surface area contributed by atoms with Gasteiger partial charge in [-0.15, -0.1) is 0 Å². The first kappa shape index (κ1) is 22.5. The first-order valence-corrected chi connectivity index (χ1v) is 11.2. The van der Waals surface area contributed by atoms with Crippen molar-refractivity contribution in [2.45, 2.75) is 31.9 Å². The second-order valence-electron chi connectivity index (χ2n) is 8.79. The van der Waals surface area contributed by atoms with Gasteiger partial charge in [0.25, 0.3) is 0 Å². The number of aliphatic hydroxyl groups is 1. The third kappa shape index (κ3) is 8.22. The summed E-state index contributed by atoms with van der Waals surface area (Å²) in [5, 5.41) is 10.3. The molecule has 2 aliphatic heterocycles. The number of hydrogen-bond donors (Lipinski definition) is 1. The van der Waals surface area contributed by atoms with Gasteiger partial charge in [0.05, 0.1) is 0 Å². The second-order valence-corrected chi connectivity index (χ2v) is 8.79. The number of rotatable bonds is 10. The highest BCUT2D eigenvalue weighted by molar-refractivity contribution is 5.27. The van der Waals surface area contributed by atoms with E-state index in [0.29, 0.717) is 13.2 Å². The maximum atomic E-state index is 10.3. The Kier molecular flexibility index (Phi) is 9.21.